The van der Waals surface area contributed by atoms with Gasteiger partial charge in [-0.15, -0.1) is 24.8 Å². The van der Waals surface area contributed by atoms with Gasteiger partial charge in [-0.3, -0.25) is 0 Å². The van der Waals surface area contributed by atoms with Gasteiger partial charge in [0.2, 0.25) is 0 Å². The molecule has 1 aromatic rings. The topological polar surface area (TPSA) is 48.4 Å². The molecule has 0 unspecified atom stereocenters. The van der Waals surface area contributed by atoms with Crippen molar-refractivity contribution in [1.82, 2.24) is 4.98 Å². The van der Waals surface area contributed by atoms with Crippen LogP contribution in [0.1, 0.15) is 16.1 Å². The van der Waals surface area contributed by atoms with Crippen LogP contribution in [-0.2, 0) is 10.6 Å². The lowest BCUT2D eigenvalue weighted by molar-refractivity contribution is -0.275. The molecule has 0 atom stereocenters. The van der Waals surface area contributed by atoms with E-state index in [0.717, 1.165) is 13.3 Å². The Balaban J connectivity index is 3.35. The zero-order valence-electron chi connectivity index (χ0n) is 8.85. The van der Waals surface area contributed by atoms with Crippen molar-refractivity contribution in [1.29, 1.82) is 0 Å². The lowest BCUT2D eigenvalue weighted by atomic mass is 10.2. The fraction of sp³-hybridized carbons (Fsp3) is 0.333. The first-order valence-corrected chi connectivity index (χ1v) is 4.91. The third-order valence-corrected chi connectivity index (χ3v) is 2.07. The van der Waals surface area contributed by atoms with Gasteiger partial charge in [-0.25, -0.2) is 14.2 Å². The Kier molecular flexibility index (Phi) is 4.33. The van der Waals surface area contributed by atoms with E-state index in [1.807, 2.05) is 0 Å². The molecular weight excluding hydrogens is 282 g/mol. The highest BCUT2D eigenvalue weighted by molar-refractivity contribution is 6.17. The molecule has 4 nitrogen and oxygen atoms in total. The molecule has 0 aliphatic carbocycles. The average Bonchev–Trinajstić information content (AvgIpc) is 2.29. The van der Waals surface area contributed by atoms with Crippen molar-refractivity contribution >= 4 is 17.6 Å². The van der Waals surface area contributed by atoms with Crippen molar-refractivity contribution in [2.24, 2.45) is 0 Å². The van der Waals surface area contributed by atoms with E-state index in [1.165, 1.54) is 0 Å². The number of hydrogen-bond acceptors (Lipinski definition) is 4. The smallest absolute Gasteiger partial charge is 0.464 e. The summed E-state index contributed by atoms with van der Waals surface area (Å²) in [5.41, 5.74) is -1.25. The third kappa shape index (κ3) is 3.22. The monoisotopic (exact) mass is 287 g/mol. The maximum atomic E-state index is 13.6. The third-order valence-electron chi connectivity index (χ3n) is 1.79. The molecule has 0 radical (unpaired) electrons. The molecule has 0 aliphatic rings. The van der Waals surface area contributed by atoms with Crippen LogP contribution in [0, 0.1) is 5.82 Å². The zero-order chi connectivity index (χ0) is 13.9. The Morgan fingerprint density at radius 1 is 1.50 bits per heavy atom. The number of aromatic nitrogens is 1. The summed E-state index contributed by atoms with van der Waals surface area (Å²) in [7, 11) is 0.911. The number of ether oxygens (including phenoxy) is 2. The van der Waals surface area contributed by atoms with Crippen LogP contribution in [0.5, 0.6) is 5.75 Å². The number of esters is 1. The van der Waals surface area contributed by atoms with Gasteiger partial charge in [-0.2, -0.15) is 0 Å². The number of methoxy groups -OCH3 is 1. The second-order valence-electron chi connectivity index (χ2n) is 2.95. The molecule has 0 fully saturated rings. The van der Waals surface area contributed by atoms with Gasteiger partial charge in [0.25, 0.3) is 0 Å². The van der Waals surface area contributed by atoms with Crippen LogP contribution >= 0.6 is 11.6 Å². The standard InChI is InChI=1S/C9H6ClF4NO3/c1-17-8(16)6-7(18-9(12,13)14)5(11)4(2-10)3-15-6/h3H,2H2,1H3. The summed E-state index contributed by atoms with van der Waals surface area (Å²) in [4.78, 5) is 14.5. The minimum Gasteiger partial charge on any atom is -0.464 e. The van der Waals surface area contributed by atoms with E-state index in [9.17, 15) is 22.4 Å². The number of halogens is 5. The molecule has 0 bridgehead atoms. The lowest BCUT2D eigenvalue weighted by Crippen LogP contribution is -2.21. The van der Waals surface area contributed by atoms with E-state index in [2.05, 4.69) is 14.5 Å². The number of rotatable bonds is 3. The van der Waals surface area contributed by atoms with Crippen LogP contribution in [0.4, 0.5) is 17.6 Å². The highest BCUT2D eigenvalue weighted by atomic mass is 35.5. The highest BCUT2D eigenvalue weighted by Crippen LogP contribution is 2.30. The Labute approximate surface area is 103 Å². The van der Waals surface area contributed by atoms with Gasteiger partial charge in [0, 0.05) is 11.8 Å². The largest absolute Gasteiger partial charge is 0.573 e. The minimum atomic E-state index is -5.17. The SMILES string of the molecule is COC(=O)c1ncc(CCl)c(F)c1OC(F)(F)F. The van der Waals surface area contributed by atoms with Gasteiger partial charge in [0.1, 0.15) is 0 Å². The van der Waals surface area contributed by atoms with Crippen LogP contribution < -0.4 is 4.74 Å². The fourth-order valence-corrected chi connectivity index (χ4v) is 1.24. The Morgan fingerprint density at radius 2 is 2.11 bits per heavy atom. The first-order valence-electron chi connectivity index (χ1n) is 4.37. The van der Waals surface area contributed by atoms with E-state index >= 15 is 0 Å². The normalized spacial score (nSPS) is 11.2. The van der Waals surface area contributed by atoms with Crippen LogP contribution in [0.25, 0.3) is 0 Å². The van der Waals surface area contributed by atoms with E-state index in [1.54, 1.807) is 0 Å². The van der Waals surface area contributed by atoms with E-state index < -0.39 is 35.5 Å². The molecule has 0 N–H and O–H groups in total. The molecule has 0 amide bonds. The molecule has 1 heterocycles. The Morgan fingerprint density at radius 3 is 2.56 bits per heavy atom. The predicted octanol–water partition coefficient (Wildman–Crippen LogP) is 2.64. The van der Waals surface area contributed by atoms with Gasteiger partial charge < -0.3 is 9.47 Å². The average molecular weight is 288 g/mol. The van der Waals surface area contributed by atoms with Crippen molar-refractivity contribution in [2.75, 3.05) is 7.11 Å². The molecule has 18 heavy (non-hydrogen) atoms. The number of carbonyl (C=O) groups is 1. The highest BCUT2D eigenvalue weighted by Gasteiger charge is 2.36. The molecule has 0 aromatic carbocycles. The van der Waals surface area contributed by atoms with E-state index in [-0.39, 0.29) is 5.56 Å². The molecule has 0 aliphatic heterocycles. The van der Waals surface area contributed by atoms with Gasteiger partial charge >= 0.3 is 12.3 Å². The van der Waals surface area contributed by atoms with Gasteiger partial charge in [-0.1, -0.05) is 0 Å². The number of nitrogens with zero attached hydrogens (tertiary/aromatic N) is 1. The lowest BCUT2D eigenvalue weighted by Gasteiger charge is -2.13. The summed E-state index contributed by atoms with van der Waals surface area (Å²) in [5, 5.41) is 0. The van der Waals surface area contributed by atoms with Crippen molar-refractivity contribution in [3.05, 3.63) is 23.3 Å². The Hall–Kier alpha value is -1.57. The number of alkyl halides is 4. The minimum absolute atomic E-state index is 0.330. The quantitative estimate of drug-likeness (QED) is 0.487. The second kappa shape index (κ2) is 5.38. The molecule has 0 spiro atoms. The summed E-state index contributed by atoms with van der Waals surface area (Å²) in [6, 6.07) is 0. The van der Waals surface area contributed by atoms with Gasteiger partial charge in [0.15, 0.2) is 17.3 Å². The number of pyridine rings is 1. The molecular formula is C9H6ClF4NO3. The summed E-state index contributed by atoms with van der Waals surface area (Å²) in [6.07, 6.45) is -4.34. The van der Waals surface area contributed by atoms with Crippen LogP contribution in [0.2, 0.25) is 0 Å². The molecule has 9 heteroatoms. The fourth-order valence-electron chi connectivity index (χ4n) is 1.05. The van der Waals surface area contributed by atoms with Crippen molar-refractivity contribution < 1.29 is 31.8 Å². The van der Waals surface area contributed by atoms with Crippen molar-refractivity contribution in [3.8, 4) is 5.75 Å². The molecule has 1 aromatic heterocycles. The summed E-state index contributed by atoms with van der Waals surface area (Å²) in [6.45, 7) is 0. The van der Waals surface area contributed by atoms with E-state index in [4.69, 9.17) is 11.6 Å². The maximum absolute atomic E-state index is 13.6. The van der Waals surface area contributed by atoms with Crippen molar-refractivity contribution in [2.45, 2.75) is 12.2 Å². The summed E-state index contributed by atoms with van der Waals surface area (Å²) < 4.78 is 57.5. The number of hydrogen-bond donors (Lipinski definition) is 0. The van der Waals surface area contributed by atoms with Crippen LogP contribution in [-0.4, -0.2) is 24.4 Å². The first-order chi connectivity index (χ1) is 8.30. The predicted molar refractivity (Wildman–Crippen MR) is 51.8 cm³/mol. The molecule has 1 rings (SSSR count). The first kappa shape index (κ1) is 14.5. The maximum Gasteiger partial charge on any atom is 0.573 e. The summed E-state index contributed by atoms with van der Waals surface area (Å²) >= 11 is 5.31. The molecule has 100 valence electrons. The van der Waals surface area contributed by atoms with E-state index in [0.29, 0.717) is 0 Å². The number of carbonyl (C=O) groups excluding carboxylic acids is 1. The van der Waals surface area contributed by atoms with Crippen LogP contribution in [0.3, 0.4) is 0 Å². The van der Waals surface area contributed by atoms with Gasteiger partial charge in [0.05, 0.1) is 13.0 Å². The van der Waals surface area contributed by atoms with Crippen molar-refractivity contribution in [3.63, 3.8) is 0 Å². The Bertz CT molecular complexity index is 464. The van der Waals surface area contributed by atoms with Gasteiger partial charge in [-0.05, 0) is 0 Å². The van der Waals surface area contributed by atoms with Crippen LogP contribution in [0.15, 0.2) is 6.20 Å². The summed E-state index contributed by atoms with van der Waals surface area (Å²) in [5.74, 6) is -4.44. The zero-order valence-corrected chi connectivity index (χ0v) is 9.60. The second-order valence-corrected chi connectivity index (χ2v) is 3.22. The molecule has 0 saturated heterocycles. The molecule has 0 saturated carbocycles.